The van der Waals surface area contributed by atoms with E-state index < -0.39 is 0 Å². The molecule has 0 unspecified atom stereocenters. The average molecular weight is 393 g/mol. The molecule has 29 heavy (non-hydrogen) atoms. The average Bonchev–Trinajstić information content (AvgIpc) is 3.42. The number of hydrogen-bond acceptors (Lipinski definition) is 6. The minimum absolute atomic E-state index is 0.0307. The summed E-state index contributed by atoms with van der Waals surface area (Å²) < 4.78 is 16.0. The number of hydrogen-bond donors (Lipinski definition) is 0. The molecule has 1 saturated heterocycles. The summed E-state index contributed by atoms with van der Waals surface area (Å²) in [5, 5.41) is 4.11. The van der Waals surface area contributed by atoms with Gasteiger partial charge < -0.3 is 18.9 Å². The topological polar surface area (TPSA) is 77.7 Å². The molecule has 7 nitrogen and oxygen atoms in total. The Hall–Kier alpha value is -3.35. The number of ether oxygens (including phenoxy) is 2. The van der Waals surface area contributed by atoms with Crippen LogP contribution in [0.1, 0.15) is 40.7 Å². The third kappa shape index (κ3) is 3.68. The van der Waals surface area contributed by atoms with E-state index in [0.29, 0.717) is 23.8 Å². The van der Waals surface area contributed by atoms with Gasteiger partial charge in [-0.2, -0.15) is 4.98 Å². The van der Waals surface area contributed by atoms with E-state index >= 15 is 0 Å². The van der Waals surface area contributed by atoms with Crippen LogP contribution in [0.4, 0.5) is 0 Å². The molecule has 150 valence electrons. The molecule has 1 aliphatic rings. The van der Waals surface area contributed by atoms with Crippen molar-refractivity contribution < 1.29 is 18.8 Å². The first-order valence-electron chi connectivity index (χ1n) is 9.54. The molecule has 7 heteroatoms. The zero-order valence-electron chi connectivity index (χ0n) is 16.7. The van der Waals surface area contributed by atoms with Crippen LogP contribution in [-0.2, 0) is 0 Å². The van der Waals surface area contributed by atoms with Crippen molar-refractivity contribution in [3.05, 3.63) is 59.5 Å². The summed E-state index contributed by atoms with van der Waals surface area (Å²) in [6.45, 7) is 2.57. The molecule has 0 radical (unpaired) electrons. The molecule has 0 N–H and O–H groups in total. The Morgan fingerprint density at radius 1 is 1.10 bits per heavy atom. The van der Waals surface area contributed by atoms with E-state index in [2.05, 4.69) is 10.1 Å². The van der Waals surface area contributed by atoms with Crippen LogP contribution in [0.25, 0.3) is 11.4 Å². The third-order valence-corrected chi connectivity index (χ3v) is 5.25. The Morgan fingerprint density at radius 2 is 1.83 bits per heavy atom. The Bertz CT molecular complexity index is 1010. The fraction of sp³-hybridized carbons (Fsp3) is 0.318. The first kappa shape index (κ1) is 19.0. The van der Waals surface area contributed by atoms with Crippen LogP contribution < -0.4 is 9.47 Å². The lowest BCUT2D eigenvalue weighted by Gasteiger charge is -2.23. The first-order valence-corrected chi connectivity index (χ1v) is 9.54. The van der Waals surface area contributed by atoms with Gasteiger partial charge in [0.05, 0.1) is 14.2 Å². The standard InChI is InChI=1S/C22H23N3O4/c1-14-13-17(28-3)10-11-18(14)22(26)25-12-4-5-19(25)21-23-20(24-29-21)15-6-8-16(27-2)9-7-15/h6-11,13,19H,4-5,12H2,1-3H3/t19-/m0/s1. The molecule has 1 fully saturated rings. The van der Waals surface area contributed by atoms with E-state index in [4.69, 9.17) is 14.0 Å². The fourth-order valence-corrected chi connectivity index (χ4v) is 3.65. The number of amides is 1. The van der Waals surface area contributed by atoms with Crippen LogP contribution in [0.15, 0.2) is 47.0 Å². The molecule has 1 amide bonds. The van der Waals surface area contributed by atoms with Gasteiger partial charge in [-0.05, 0) is 67.8 Å². The largest absolute Gasteiger partial charge is 0.497 e. The van der Waals surface area contributed by atoms with Crippen molar-refractivity contribution in [2.24, 2.45) is 0 Å². The molecule has 1 aromatic heterocycles. The summed E-state index contributed by atoms with van der Waals surface area (Å²) in [5.74, 6) is 2.44. The summed E-state index contributed by atoms with van der Waals surface area (Å²) in [6, 6.07) is 12.7. The Kier molecular flexibility index (Phi) is 5.20. The van der Waals surface area contributed by atoms with Gasteiger partial charge in [0, 0.05) is 17.7 Å². The van der Waals surface area contributed by atoms with Gasteiger partial charge in [-0.3, -0.25) is 4.79 Å². The van der Waals surface area contributed by atoms with Crippen LogP contribution >= 0.6 is 0 Å². The van der Waals surface area contributed by atoms with Gasteiger partial charge in [-0.1, -0.05) is 5.16 Å². The molecule has 1 atom stereocenters. The number of aromatic nitrogens is 2. The van der Waals surface area contributed by atoms with Gasteiger partial charge in [0.15, 0.2) is 0 Å². The number of likely N-dealkylation sites (tertiary alicyclic amines) is 1. The predicted molar refractivity (Wildman–Crippen MR) is 107 cm³/mol. The lowest BCUT2D eigenvalue weighted by molar-refractivity contribution is 0.0709. The molecule has 0 saturated carbocycles. The van der Waals surface area contributed by atoms with E-state index in [1.165, 1.54) is 0 Å². The van der Waals surface area contributed by atoms with Gasteiger partial charge in [-0.25, -0.2) is 0 Å². The van der Waals surface area contributed by atoms with Crippen molar-refractivity contribution in [3.8, 4) is 22.9 Å². The van der Waals surface area contributed by atoms with Crippen LogP contribution in [0.3, 0.4) is 0 Å². The highest BCUT2D eigenvalue weighted by molar-refractivity contribution is 5.96. The molecular formula is C22H23N3O4. The van der Waals surface area contributed by atoms with Crippen molar-refractivity contribution in [2.75, 3.05) is 20.8 Å². The van der Waals surface area contributed by atoms with Crippen molar-refractivity contribution in [1.82, 2.24) is 15.0 Å². The number of benzene rings is 2. The Labute approximate surface area is 169 Å². The van der Waals surface area contributed by atoms with Gasteiger partial charge in [0.25, 0.3) is 5.91 Å². The molecule has 4 rings (SSSR count). The smallest absolute Gasteiger partial charge is 0.254 e. The lowest BCUT2D eigenvalue weighted by atomic mass is 10.1. The molecule has 0 spiro atoms. The van der Waals surface area contributed by atoms with Gasteiger partial charge in [-0.15, -0.1) is 0 Å². The fourth-order valence-electron chi connectivity index (χ4n) is 3.65. The lowest BCUT2D eigenvalue weighted by Crippen LogP contribution is -2.31. The zero-order valence-corrected chi connectivity index (χ0v) is 16.7. The quantitative estimate of drug-likeness (QED) is 0.651. The van der Waals surface area contributed by atoms with Crippen molar-refractivity contribution in [3.63, 3.8) is 0 Å². The number of rotatable bonds is 5. The second-order valence-corrected chi connectivity index (χ2v) is 7.02. The summed E-state index contributed by atoms with van der Waals surface area (Å²) >= 11 is 0. The van der Waals surface area contributed by atoms with E-state index in [0.717, 1.165) is 35.5 Å². The highest BCUT2D eigenvalue weighted by Gasteiger charge is 2.35. The van der Waals surface area contributed by atoms with E-state index in [9.17, 15) is 4.79 Å². The number of carbonyl (C=O) groups excluding carboxylic acids is 1. The molecule has 3 aromatic rings. The van der Waals surface area contributed by atoms with Crippen LogP contribution in [0, 0.1) is 6.92 Å². The summed E-state index contributed by atoms with van der Waals surface area (Å²) in [5.41, 5.74) is 2.37. The van der Waals surface area contributed by atoms with Crippen molar-refractivity contribution in [1.29, 1.82) is 0 Å². The zero-order chi connectivity index (χ0) is 20.4. The maximum absolute atomic E-state index is 13.2. The van der Waals surface area contributed by atoms with E-state index in [1.807, 2.05) is 48.2 Å². The Balaban J connectivity index is 1.57. The number of methoxy groups -OCH3 is 2. The molecule has 1 aliphatic heterocycles. The normalized spacial score (nSPS) is 16.1. The maximum atomic E-state index is 13.2. The monoisotopic (exact) mass is 393 g/mol. The van der Waals surface area contributed by atoms with Crippen LogP contribution in [0.2, 0.25) is 0 Å². The molecule has 2 aromatic carbocycles. The minimum atomic E-state index is -0.219. The third-order valence-electron chi connectivity index (χ3n) is 5.25. The summed E-state index contributed by atoms with van der Waals surface area (Å²) in [7, 11) is 3.24. The second-order valence-electron chi connectivity index (χ2n) is 7.02. The highest BCUT2D eigenvalue weighted by atomic mass is 16.5. The summed E-state index contributed by atoms with van der Waals surface area (Å²) in [4.78, 5) is 19.6. The molecule has 2 heterocycles. The summed E-state index contributed by atoms with van der Waals surface area (Å²) in [6.07, 6.45) is 1.69. The van der Waals surface area contributed by atoms with Crippen LogP contribution in [0.5, 0.6) is 11.5 Å². The van der Waals surface area contributed by atoms with Crippen LogP contribution in [-0.4, -0.2) is 41.7 Å². The molecule has 0 bridgehead atoms. The second kappa shape index (κ2) is 7.95. The van der Waals surface area contributed by atoms with Gasteiger partial charge in [0.2, 0.25) is 11.7 Å². The predicted octanol–water partition coefficient (Wildman–Crippen LogP) is 4.04. The molecule has 0 aliphatic carbocycles. The van der Waals surface area contributed by atoms with Gasteiger partial charge >= 0.3 is 0 Å². The van der Waals surface area contributed by atoms with Gasteiger partial charge in [0.1, 0.15) is 17.5 Å². The van der Waals surface area contributed by atoms with E-state index in [-0.39, 0.29) is 11.9 Å². The molecular weight excluding hydrogens is 370 g/mol. The van der Waals surface area contributed by atoms with E-state index in [1.54, 1.807) is 20.3 Å². The first-order chi connectivity index (χ1) is 14.1. The minimum Gasteiger partial charge on any atom is -0.497 e. The van der Waals surface area contributed by atoms with Crippen molar-refractivity contribution in [2.45, 2.75) is 25.8 Å². The SMILES string of the molecule is COc1ccc(-c2noc([C@@H]3CCCN3C(=O)c3ccc(OC)cc3C)n2)cc1. The highest BCUT2D eigenvalue weighted by Crippen LogP contribution is 2.34. The maximum Gasteiger partial charge on any atom is 0.254 e. The number of carbonyl (C=O) groups is 1. The number of aryl methyl sites for hydroxylation is 1. The van der Waals surface area contributed by atoms with Crippen molar-refractivity contribution >= 4 is 5.91 Å². The Morgan fingerprint density at radius 3 is 2.52 bits per heavy atom. The number of nitrogens with zero attached hydrogens (tertiary/aromatic N) is 3.